The summed E-state index contributed by atoms with van der Waals surface area (Å²) in [6.07, 6.45) is 2.36. The van der Waals surface area contributed by atoms with Gasteiger partial charge in [-0.15, -0.1) is 0 Å². The van der Waals surface area contributed by atoms with Gasteiger partial charge in [-0.1, -0.05) is 35.4 Å². The number of carbonyl (C=O) groups excluding carboxylic acids is 1. The highest BCUT2D eigenvalue weighted by Gasteiger charge is 2.13. The van der Waals surface area contributed by atoms with Crippen LogP contribution in [0.2, 0.25) is 0 Å². The number of urea groups is 1. The maximum Gasteiger partial charge on any atom is 0.315 e. The number of aliphatic hydroxyl groups excluding tert-OH is 1. The van der Waals surface area contributed by atoms with Gasteiger partial charge in [0, 0.05) is 31.0 Å². The number of hydrogen-bond donors (Lipinski definition) is 3. The van der Waals surface area contributed by atoms with Crippen molar-refractivity contribution in [3.05, 3.63) is 65.0 Å². The van der Waals surface area contributed by atoms with E-state index in [1.807, 2.05) is 39.0 Å². The fraction of sp³-hybridized carbons (Fsp3) is 0.400. The summed E-state index contributed by atoms with van der Waals surface area (Å²) in [6.45, 7) is 6.46. The molecule has 25 heavy (non-hydrogen) atoms. The summed E-state index contributed by atoms with van der Waals surface area (Å²) in [4.78, 5) is 16.4. The number of benzene rings is 1. The Morgan fingerprint density at radius 3 is 2.52 bits per heavy atom. The SMILES string of the molecule is Cc1cc(C)cc(C(C)NC(=O)NCC(CO)Cc2ccccn2)c1. The second kappa shape index (κ2) is 9.18. The van der Waals surface area contributed by atoms with Gasteiger partial charge in [0.2, 0.25) is 0 Å². The standard InChI is InChI=1S/C20H27N3O2/c1-14-8-15(2)10-18(9-14)16(3)23-20(25)22-12-17(13-24)11-19-6-4-5-7-21-19/h4-10,16-17,24H,11-13H2,1-3H3,(H2,22,23,25). The van der Waals surface area contributed by atoms with Gasteiger partial charge in [0.25, 0.3) is 0 Å². The summed E-state index contributed by atoms with van der Waals surface area (Å²) in [6, 6.07) is 11.7. The lowest BCUT2D eigenvalue weighted by Crippen LogP contribution is -2.40. The van der Waals surface area contributed by atoms with Gasteiger partial charge in [-0.3, -0.25) is 4.98 Å². The van der Waals surface area contributed by atoms with E-state index in [1.54, 1.807) is 6.20 Å². The van der Waals surface area contributed by atoms with Crippen LogP contribution in [0.4, 0.5) is 4.79 Å². The Labute approximate surface area is 149 Å². The average Bonchev–Trinajstić information content (AvgIpc) is 2.58. The van der Waals surface area contributed by atoms with E-state index in [4.69, 9.17) is 0 Å². The van der Waals surface area contributed by atoms with Crippen LogP contribution in [-0.2, 0) is 6.42 Å². The van der Waals surface area contributed by atoms with Crippen molar-refractivity contribution in [3.8, 4) is 0 Å². The quantitative estimate of drug-likeness (QED) is 0.725. The maximum atomic E-state index is 12.1. The smallest absolute Gasteiger partial charge is 0.315 e. The third-order valence-corrected chi connectivity index (χ3v) is 4.13. The highest BCUT2D eigenvalue weighted by atomic mass is 16.3. The Bertz CT molecular complexity index is 668. The number of nitrogens with zero attached hydrogens (tertiary/aromatic N) is 1. The van der Waals surface area contributed by atoms with Crippen LogP contribution >= 0.6 is 0 Å². The van der Waals surface area contributed by atoms with Crippen molar-refractivity contribution in [3.63, 3.8) is 0 Å². The molecule has 0 fully saturated rings. The lowest BCUT2D eigenvalue weighted by atomic mass is 10.0. The predicted molar refractivity (Wildman–Crippen MR) is 99.4 cm³/mol. The summed E-state index contributed by atoms with van der Waals surface area (Å²) < 4.78 is 0. The molecule has 0 aliphatic rings. The predicted octanol–water partition coefficient (Wildman–Crippen LogP) is 2.91. The number of amides is 2. The zero-order valence-electron chi connectivity index (χ0n) is 15.1. The molecule has 134 valence electrons. The molecular formula is C20H27N3O2. The average molecular weight is 341 g/mol. The summed E-state index contributed by atoms with van der Waals surface area (Å²) in [5.74, 6) is -0.0582. The molecule has 3 N–H and O–H groups in total. The van der Waals surface area contributed by atoms with Crippen LogP contribution in [0.15, 0.2) is 42.6 Å². The highest BCUT2D eigenvalue weighted by molar-refractivity contribution is 5.74. The van der Waals surface area contributed by atoms with Gasteiger partial charge < -0.3 is 15.7 Å². The molecule has 2 unspecified atom stereocenters. The first-order chi connectivity index (χ1) is 12.0. The summed E-state index contributed by atoms with van der Waals surface area (Å²) >= 11 is 0. The van der Waals surface area contributed by atoms with E-state index in [-0.39, 0.29) is 24.6 Å². The molecule has 1 heterocycles. The minimum Gasteiger partial charge on any atom is -0.396 e. The molecule has 1 aromatic heterocycles. The molecule has 0 spiro atoms. The van der Waals surface area contributed by atoms with Crippen molar-refractivity contribution < 1.29 is 9.90 Å². The zero-order chi connectivity index (χ0) is 18.2. The third-order valence-electron chi connectivity index (χ3n) is 4.13. The van der Waals surface area contributed by atoms with Gasteiger partial charge in [0.1, 0.15) is 0 Å². The molecule has 5 nitrogen and oxygen atoms in total. The van der Waals surface area contributed by atoms with Gasteiger partial charge in [-0.05, 0) is 44.9 Å². The monoisotopic (exact) mass is 341 g/mol. The van der Waals surface area contributed by atoms with E-state index in [2.05, 4.69) is 33.8 Å². The lowest BCUT2D eigenvalue weighted by Gasteiger charge is -2.19. The van der Waals surface area contributed by atoms with Gasteiger partial charge in [-0.25, -0.2) is 4.79 Å². The fourth-order valence-corrected chi connectivity index (χ4v) is 2.84. The first-order valence-electron chi connectivity index (χ1n) is 8.61. The second-order valence-corrected chi connectivity index (χ2v) is 6.57. The Morgan fingerprint density at radius 1 is 1.20 bits per heavy atom. The summed E-state index contributed by atoms with van der Waals surface area (Å²) in [7, 11) is 0. The molecule has 0 saturated heterocycles. The van der Waals surface area contributed by atoms with E-state index in [1.165, 1.54) is 11.1 Å². The van der Waals surface area contributed by atoms with Crippen molar-refractivity contribution in [1.29, 1.82) is 0 Å². The highest BCUT2D eigenvalue weighted by Crippen LogP contribution is 2.16. The second-order valence-electron chi connectivity index (χ2n) is 6.57. The first kappa shape index (κ1) is 18.9. The molecule has 0 bridgehead atoms. The molecule has 2 amide bonds. The molecule has 1 aromatic carbocycles. The van der Waals surface area contributed by atoms with E-state index in [0.29, 0.717) is 13.0 Å². The molecule has 2 atom stereocenters. The number of carbonyl (C=O) groups is 1. The van der Waals surface area contributed by atoms with Crippen LogP contribution in [0, 0.1) is 19.8 Å². The van der Waals surface area contributed by atoms with Crippen molar-refractivity contribution in [2.45, 2.75) is 33.2 Å². The Morgan fingerprint density at radius 2 is 1.92 bits per heavy atom. The van der Waals surface area contributed by atoms with Crippen LogP contribution in [0.5, 0.6) is 0 Å². The molecular weight excluding hydrogens is 314 g/mol. The van der Waals surface area contributed by atoms with Crippen molar-refractivity contribution >= 4 is 6.03 Å². The fourth-order valence-electron chi connectivity index (χ4n) is 2.84. The normalized spacial score (nSPS) is 13.1. The Kier molecular flexibility index (Phi) is 6.95. The number of rotatable bonds is 7. The summed E-state index contributed by atoms with van der Waals surface area (Å²) in [5, 5.41) is 15.3. The van der Waals surface area contributed by atoms with E-state index < -0.39 is 0 Å². The maximum absolute atomic E-state index is 12.1. The van der Waals surface area contributed by atoms with Gasteiger partial charge in [-0.2, -0.15) is 0 Å². The van der Waals surface area contributed by atoms with Crippen molar-refractivity contribution in [1.82, 2.24) is 15.6 Å². The number of nitrogens with one attached hydrogen (secondary N) is 2. The van der Waals surface area contributed by atoms with Crippen LogP contribution in [-0.4, -0.2) is 29.3 Å². The minimum atomic E-state index is -0.230. The largest absolute Gasteiger partial charge is 0.396 e. The minimum absolute atomic E-state index is 0.00345. The lowest BCUT2D eigenvalue weighted by molar-refractivity contribution is 0.212. The number of hydrogen-bond acceptors (Lipinski definition) is 3. The number of aliphatic hydroxyl groups is 1. The van der Waals surface area contributed by atoms with Crippen molar-refractivity contribution in [2.75, 3.05) is 13.2 Å². The number of aryl methyl sites for hydroxylation is 2. The summed E-state index contributed by atoms with van der Waals surface area (Å²) in [5.41, 5.74) is 4.35. The van der Waals surface area contributed by atoms with E-state index >= 15 is 0 Å². The molecule has 0 aliphatic carbocycles. The van der Waals surface area contributed by atoms with E-state index in [9.17, 15) is 9.90 Å². The molecule has 0 aliphatic heterocycles. The Hall–Kier alpha value is -2.40. The topological polar surface area (TPSA) is 74.2 Å². The van der Waals surface area contributed by atoms with Crippen LogP contribution < -0.4 is 10.6 Å². The van der Waals surface area contributed by atoms with Crippen molar-refractivity contribution in [2.24, 2.45) is 5.92 Å². The molecule has 0 radical (unpaired) electrons. The Balaban J connectivity index is 1.84. The van der Waals surface area contributed by atoms with E-state index in [0.717, 1.165) is 11.3 Å². The van der Waals surface area contributed by atoms with Crippen LogP contribution in [0.25, 0.3) is 0 Å². The van der Waals surface area contributed by atoms with Gasteiger partial charge >= 0.3 is 6.03 Å². The molecule has 5 heteroatoms. The molecule has 0 saturated carbocycles. The molecule has 2 aromatic rings. The first-order valence-corrected chi connectivity index (χ1v) is 8.61. The number of pyridine rings is 1. The van der Waals surface area contributed by atoms with Crippen LogP contribution in [0.3, 0.4) is 0 Å². The van der Waals surface area contributed by atoms with Gasteiger partial charge in [0.05, 0.1) is 6.04 Å². The van der Waals surface area contributed by atoms with Gasteiger partial charge in [0.15, 0.2) is 0 Å². The third kappa shape index (κ3) is 6.19. The molecule has 2 rings (SSSR count). The van der Waals surface area contributed by atoms with Crippen LogP contribution in [0.1, 0.15) is 35.3 Å². The zero-order valence-corrected chi connectivity index (χ0v) is 15.1. The number of aromatic nitrogens is 1.